The predicted octanol–water partition coefficient (Wildman–Crippen LogP) is 12.6. The molecule has 0 saturated carbocycles. The predicted molar refractivity (Wildman–Crippen MR) is 224 cm³/mol. The average Bonchev–Trinajstić information content (AvgIpc) is 3.62. The number of phenols is 1. The van der Waals surface area contributed by atoms with Gasteiger partial charge in [-0.25, -0.2) is 19.9 Å². The highest BCUT2D eigenvalue weighted by atomic mass is 79.9. The maximum Gasteiger partial charge on any atom is 0.369 e. The van der Waals surface area contributed by atoms with E-state index in [-0.39, 0.29) is 26.4 Å². The second kappa shape index (κ2) is 19.7. The molecule has 16 heteroatoms. The minimum absolute atomic E-state index is 0.194. The van der Waals surface area contributed by atoms with Crippen molar-refractivity contribution < 1.29 is 9.84 Å². The minimum atomic E-state index is 0.194. The minimum Gasteiger partial charge on any atom is -0.508 e. The highest BCUT2D eigenvalue weighted by molar-refractivity contribution is 9.69. The van der Waals surface area contributed by atoms with E-state index in [1.807, 2.05) is 38.2 Å². The van der Waals surface area contributed by atoms with Gasteiger partial charge in [-0.05, 0) is 88.1 Å². The van der Waals surface area contributed by atoms with Crippen LogP contribution in [0.1, 0.15) is 50.9 Å². The van der Waals surface area contributed by atoms with Crippen molar-refractivity contribution >= 4 is 119 Å². The topological polar surface area (TPSA) is 90.9 Å². The molecule has 0 saturated heterocycles. The largest absolute Gasteiger partial charge is 0.508 e. The third-order valence-electron chi connectivity index (χ3n) is 7.21. The number of aryl methyl sites for hydroxylation is 2. The summed E-state index contributed by atoms with van der Waals surface area (Å²) in [4.78, 5) is 17.0. The first kappa shape index (κ1) is 42.4. The summed E-state index contributed by atoms with van der Waals surface area (Å²) in [7, 11) is 1.67. The van der Waals surface area contributed by atoms with Gasteiger partial charge in [0.25, 0.3) is 0 Å². The molecule has 6 rings (SSSR count). The molecule has 0 atom stereocenters. The number of aromatic nitrogens is 6. The van der Waals surface area contributed by atoms with Crippen LogP contribution in [0, 0.1) is 13.8 Å². The van der Waals surface area contributed by atoms with E-state index in [9.17, 15) is 5.11 Å². The molecule has 50 heavy (non-hydrogen) atoms. The van der Waals surface area contributed by atoms with Gasteiger partial charge in [0, 0.05) is 35.6 Å². The summed E-state index contributed by atoms with van der Waals surface area (Å²) in [5, 5.41) is 12.6. The molecule has 0 amide bonds. The number of fused-ring (bicyclic) bond motifs is 2. The third-order valence-corrected chi connectivity index (χ3v) is 7.78. The van der Waals surface area contributed by atoms with Gasteiger partial charge >= 0.3 is 3.18 Å². The standard InChI is InChI=1S/C17H18ClN3O.C16H16ClN3O.CH2Cl2.BBr3/c1-10(2)21-8-14(15-16(18)19-9-20-17(15)21)12-5-11(3)6-13(7-12)22-4;1-9(2)20-7-13(11-4-10(3)5-12(21)6-11)14-15(17)18-8-19-16(14)20;2-1-3;2-1(3)4/h5-10H,1-4H3;4-9,21H,1-3H3;1H2;. The van der Waals surface area contributed by atoms with E-state index in [0.717, 1.165) is 61.2 Å². The maximum absolute atomic E-state index is 9.84. The number of aromatic hydroxyl groups is 1. The van der Waals surface area contributed by atoms with Gasteiger partial charge in [0.2, 0.25) is 0 Å². The second-order valence-corrected chi connectivity index (χ2v) is 19.4. The summed E-state index contributed by atoms with van der Waals surface area (Å²) < 4.78 is 9.84. The normalized spacial score (nSPS) is 10.7. The summed E-state index contributed by atoms with van der Waals surface area (Å²) in [6.45, 7) is 12.4. The number of nitrogens with zero attached hydrogens (tertiary/aromatic N) is 6. The molecule has 2 aromatic carbocycles. The number of alkyl halides is 2. The molecule has 0 spiro atoms. The Bertz CT molecular complexity index is 2020. The van der Waals surface area contributed by atoms with E-state index in [1.165, 1.54) is 12.7 Å². The molecular formula is C34H36BBr3Cl4N6O2. The van der Waals surface area contributed by atoms with E-state index in [1.54, 1.807) is 19.2 Å². The van der Waals surface area contributed by atoms with Crippen molar-refractivity contribution in [3.8, 4) is 33.8 Å². The molecule has 0 aliphatic heterocycles. The van der Waals surface area contributed by atoms with E-state index >= 15 is 0 Å². The Morgan fingerprint density at radius 2 is 1.12 bits per heavy atom. The molecule has 0 aliphatic carbocycles. The van der Waals surface area contributed by atoms with Crippen LogP contribution in [0.4, 0.5) is 0 Å². The van der Waals surface area contributed by atoms with Crippen LogP contribution in [0.2, 0.25) is 10.3 Å². The zero-order valence-corrected chi connectivity index (χ0v) is 36.2. The van der Waals surface area contributed by atoms with Gasteiger partial charge < -0.3 is 19.0 Å². The van der Waals surface area contributed by atoms with Crippen LogP contribution in [-0.4, -0.2) is 49.8 Å². The molecule has 266 valence electrons. The second-order valence-electron chi connectivity index (χ2n) is 11.5. The van der Waals surface area contributed by atoms with Gasteiger partial charge in [-0.2, -0.15) is 0 Å². The van der Waals surface area contributed by atoms with E-state index in [0.29, 0.717) is 10.3 Å². The number of rotatable bonds is 5. The van der Waals surface area contributed by atoms with Gasteiger partial charge in [-0.1, -0.05) is 35.3 Å². The van der Waals surface area contributed by atoms with Crippen LogP contribution in [0.5, 0.6) is 11.5 Å². The first-order chi connectivity index (χ1) is 23.6. The van der Waals surface area contributed by atoms with Crippen molar-refractivity contribution in [1.82, 2.24) is 29.1 Å². The van der Waals surface area contributed by atoms with Gasteiger partial charge in [0.05, 0.1) is 23.2 Å². The van der Waals surface area contributed by atoms with Crippen LogP contribution in [-0.2, 0) is 0 Å². The van der Waals surface area contributed by atoms with Gasteiger partial charge in [-0.3, -0.25) is 0 Å². The van der Waals surface area contributed by atoms with Gasteiger partial charge in [0.15, 0.2) is 0 Å². The van der Waals surface area contributed by atoms with E-state index in [2.05, 4.69) is 116 Å². The average molecular weight is 953 g/mol. The van der Waals surface area contributed by atoms with Crippen molar-refractivity contribution in [1.29, 1.82) is 0 Å². The lowest BCUT2D eigenvalue weighted by Crippen LogP contribution is -1.99. The molecule has 4 aromatic heterocycles. The van der Waals surface area contributed by atoms with Crippen molar-refractivity contribution in [3.63, 3.8) is 0 Å². The zero-order valence-electron chi connectivity index (χ0n) is 28.4. The summed E-state index contributed by atoms with van der Waals surface area (Å²) >= 11 is 31.5. The number of ether oxygens (including phenoxy) is 1. The molecule has 6 aromatic rings. The van der Waals surface area contributed by atoms with Crippen LogP contribution < -0.4 is 4.74 Å². The molecule has 0 fully saturated rings. The summed E-state index contributed by atoms with van der Waals surface area (Å²) in [6, 6.07) is 12.1. The van der Waals surface area contributed by atoms with E-state index < -0.39 is 0 Å². The van der Waals surface area contributed by atoms with Crippen LogP contribution >= 0.6 is 93.7 Å². The van der Waals surface area contributed by atoms with E-state index in [4.69, 9.17) is 51.1 Å². The molecule has 8 nitrogen and oxygen atoms in total. The fourth-order valence-corrected chi connectivity index (χ4v) is 5.72. The summed E-state index contributed by atoms with van der Waals surface area (Å²) in [6.07, 6.45) is 7.08. The van der Waals surface area contributed by atoms with Crippen LogP contribution in [0.3, 0.4) is 0 Å². The van der Waals surface area contributed by atoms with Crippen LogP contribution in [0.25, 0.3) is 44.3 Å². The third kappa shape index (κ3) is 11.0. The quantitative estimate of drug-likeness (QED) is 0.105. The van der Waals surface area contributed by atoms with Crippen molar-refractivity contribution in [2.45, 2.75) is 53.6 Å². The van der Waals surface area contributed by atoms with Gasteiger partial charge in [-0.15, -0.1) is 70.5 Å². The number of hydrogen-bond acceptors (Lipinski definition) is 6. The Morgan fingerprint density at radius 3 is 1.50 bits per heavy atom. The monoisotopic (exact) mass is 948 g/mol. The highest BCUT2D eigenvalue weighted by Crippen LogP contribution is 2.38. The number of phenolic OH excluding ortho intramolecular Hbond substituents is 1. The van der Waals surface area contributed by atoms with Crippen LogP contribution in [0.15, 0.2) is 61.4 Å². The molecular weight excluding hydrogens is 917 g/mol. The molecule has 0 bridgehead atoms. The number of benzene rings is 2. The van der Waals surface area contributed by atoms with Crippen molar-refractivity contribution in [2.24, 2.45) is 0 Å². The lowest BCUT2D eigenvalue weighted by molar-refractivity contribution is 0.414. The van der Waals surface area contributed by atoms with Crippen molar-refractivity contribution in [3.05, 3.63) is 82.9 Å². The Kier molecular flexibility index (Phi) is 16.7. The first-order valence-corrected chi connectivity index (χ1v) is 19.7. The molecule has 0 radical (unpaired) electrons. The Hall–Kier alpha value is -2.06. The number of methoxy groups -OCH3 is 1. The van der Waals surface area contributed by atoms with Gasteiger partial charge in [0.1, 0.15) is 45.8 Å². The summed E-state index contributed by atoms with van der Waals surface area (Å²) in [5.74, 6) is 1.07. The Labute approximate surface area is 337 Å². The van der Waals surface area contributed by atoms with Crippen molar-refractivity contribution in [2.75, 3.05) is 12.4 Å². The smallest absolute Gasteiger partial charge is 0.369 e. The zero-order chi connectivity index (χ0) is 37.3. The summed E-state index contributed by atoms with van der Waals surface area (Å²) in [5.41, 5.74) is 7.70. The lowest BCUT2D eigenvalue weighted by atomic mass is 10.0. The number of hydrogen-bond donors (Lipinski definition) is 1. The molecule has 0 unspecified atom stereocenters. The molecule has 1 N–H and O–H groups in total. The molecule has 4 heterocycles. The lowest BCUT2D eigenvalue weighted by Gasteiger charge is -2.07. The fraction of sp³-hybridized carbons (Fsp3) is 0.294. The maximum atomic E-state index is 9.84. The first-order valence-electron chi connectivity index (χ1n) is 15.2. The highest BCUT2D eigenvalue weighted by Gasteiger charge is 2.19. The molecule has 0 aliphatic rings. The fourth-order valence-electron chi connectivity index (χ4n) is 5.26. The SMILES string of the molecule is BrB(Br)Br.COc1cc(C)cc(-c2cn(C(C)C)c3ncnc(Cl)c23)c1.Cc1cc(O)cc(-c2cn(C(C)C)c3ncnc(Cl)c23)c1.ClCCl. The Balaban J connectivity index is 0.000000229. The number of halogens is 7. The Morgan fingerprint density at radius 1 is 0.720 bits per heavy atom.